The minimum Gasteiger partial charge on any atom is -0.306 e. The van der Waals surface area contributed by atoms with E-state index in [1.54, 1.807) is 6.33 Å². The predicted octanol–water partition coefficient (Wildman–Crippen LogP) is 4.42. The van der Waals surface area contributed by atoms with Gasteiger partial charge in [-0.3, -0.25) is 10.1 Å². The van der Waals surface area contributed by atoms with Gasteiger partial charge in [-0.2, -0.15) is 10.2 Å². The molecule has 7 nitrogen and oxygen atoms in total. The van der Waals surface area contributed by atoms with Crippen LogP contribution in [0.15, 0.2) is 36.9 Å². The van der Waals surface area contributed by atoms with Gasteiger partial charge in [0.1, 0.15) is 6.33 Å². The van der Waals surface area contributed by atoms with E-state index in [4.69, 9.17) is 10.1 Å². The first-order valence-corrected chi connectivity index (χ1v) is 11.0. The fourth-order valence-electron chi connectivity index (χ4n) is 4.68. The van der Waals surface area contributed by atoms with E-state index in [1.165, 1.54) is 24.1 Å². The van der Waals surface area contributed by atoms with Crippen molar-refractivity contribution in [3.8, 4) is 22.5 Å². The van der Waals surface area contributed by atoms with Crippen LogP contribution in [0.4, 0.5) is 0 Å². The van der Waals surface area contributed by atoms with E-state index in [-0.39, 0.29) is 0 Å². The summed E-state index contributed by atoms with van der Waals surface area (Å²) < 4.78 is 1.82. The first-order chi connectivity index (χ1) is 15.0. The molecule has 1 fully saturated rings. The van der Waals surface area contributed by atoms with Crippen molar-refractivity contribution in [2.24, 2.45) is 0 Å². The minimum atomic E-state index is 0.309. The molecule has 5 rings (SSSR count). The molecule has 0 aliphatic carbocycles. The van der Waals surface area contributed by atoms with Gasteiger partial charge in [0.25, 0.3) is 0 Å². The lowest BCUT2D eigenvalue weighted by atomic mass is 9.92. The second-order valence-electron chi connectivity index (χ2n) is 9.00. The van der Waals surface area contributed by atoms with Crippen molar-refractivity contribution in [2.75, 3.05) is 20.1 Å². The van der Waals surface area contributed by atoms with E-state index >= 15 is 0 Å². The molecule has 0 radical (unpaired) electrons. The Morgan fingerprint density at radius 1 is 1.10 bits per heavy atom. The Bertz CT molecular complexity index is 1190. The van der Waals surface area contributed by atoms with Crippen LogP contribution >= 0.6 is 0 Å². The maximum absolute atomic E-state index is 4.85. The number of fused-ring (bicyclic) bond motifs is 1. The molecule has 31 heavy (non-hydrogen) atoms. The fraction of sp³-hybridized carbons (Fsp3) is 0.417. The molecular weight excluding hydrogens is 386 g/mol. The number of hydrogen-bond donors (Lipinski definition) is 1. The normalized spacial score (nSPS) is 15.9. The van der Waals surface area contributed by atoms with Crippen LogP contribution in [0.5, 0.6) is 0 Å². The van der Waals surface area contributed by atoms with Crippen LogP contribution < -0.4 is 0 Å². The molecule has 7 heteroatoms. The van der Waals surface area contributed by atoms with Crippen LogP contribution in [-0.4, -0.2) is 54.8 Å². The van der Waals surface area contributed by atoms with Crippen LogP contribution in [0.25, 0.3) is 28.2 Å². The first kappa shape index (κ1) is 19.9. The number of nitrogens with one attached hydrogen (secondary N) is 1. The van der Waals surface area contributed by atoms with E-state index < -0.39 is 0 Å². The number of aromatic nitrogens is 6. The third kappa shape index (κ3) is 3.63. The molecular formula is C24H29N7. The summed E-state index contributed by atoms with van der Waals surface area (Å²) in [6, 6.07) is 6.52. The van der Waals surface area contributed by atoms with Crippen LogP contribution in [-0.2, 0) is 0 Å². The Kier molecular flexibility index (Phi) is 5.06. The fourth-order valence-corrected chi connectivity index (χ4v) is 4.68. The molecule has 1 aliphatic rings. The van der Waals surface area contributed by atoms with Gasteiger partial charge in [-0.05, 0) is 69.6 Å². The molecule has 4 aromatic rings. The first-order valence-electron chi connectivity index (χ1n) is 11.0. The molecule has 0 amide bonds. The number of hydrogen-bond acceptors (Lipinski definition) is 5. The van der Waals surface area contributed by atoms with Gasteiger partial charge in [0, 0.05) is 40.7 Å². The third-order valence-corrected chi connectivity index (χ3v) is 6.43. The molecule has 5 heterocycles. The number of pyridine rings is 2. The zero-order valence-corrected chi connectivity index (χ0v) is 18.6. The summed E-state index contributed by atoms with van der Waals surface area (Å²) >= 11 is 0. The van der Waals surface area contributed by atoms with Gasteiger partial charge in [-0.25, -0.2) is 9.50 Å². The number of H-pyrrole nitrogens is 1. The van der Waals surface area contributed by atoms with Gasteiger partial charge in [-0.15, -0.1) is 0 Å². The quantitative estimate of drug-likeness (QED) is 0.534. The molecule has 0 atom stereocenters. The number of aryl methyl sites for hydroxylation is 1. The Morgan fingerprint density at radius 2 is 1.90 bits per heavy atom. The second-order valence-corrected chi connectivity index (χ2v) is 9.00. The number of piperidine rings is 1. The van der Waals surface area contributed by atoms with Gasteiger partial charge >= 0.3 is 0 Å². The van der Waals surface area contributed by atoms with Gasteiger partial charge in [-0.1, -0.05) is 13.8 Å². The monoisotopic (exact) mass is 415 g/mol. The summed E-state index contributed by atoms with van der Waals surface area (Å²) in [5.41, 5.74) is 8.49. The smallest absolute Gasteiger partial charge is 0.158 e. The van der Waals surface area contributed by atoms with Crippen LogP contribution in [0.2, 0.25) is 0 Å². The van der Waals surface area contributed by atoms with E-state index in [0.717, 1.165) is 46.8 Å². The zero-order chi connectivity index (χ0) is 21.5. The molecule has 0 saturated carbocycles. The summed E-state index contributed by atoms with van der Waals surface area (Å²) in [6.07, 6.45) is 7.95. The molecule has 0 unspecified atom stereocenters. The third-order valence-electron chi connectivity index (χ3n) is 6.43. The second kappa shape index (κ2) is 7.89. The molecule has 1 N–H and O–H groups in total. The van der Waals surface area contributed by atoms with Crippen molar-refractivity contribution < 1.29 is 0 Å². The predicted molar refractivity (Wildman–Crippen MR) is 122 cm³/mol. The van der Waals surface area contributed by atoms with Gasteiger partial charge in [0.05, 0.1) is 11.4 Å². The average molecular weight is 416 g/mol. The molecule has 1 saturated heterocycles. The number of nitrogens with zero attached hydrogens (tertiary/aromatic N) is 6. The lowest BCUT2D eigenvalue weighted by Gasteiger charge is -2.28. The highest BCUT2D eigenvalue weighted by atomic mass is 15.3. The average Bonchev–Trinajstić information content (AvgIpc) is 3.42. The highest BCUT2D eigenvalue weighted by Crippen LogP contribution is 2.36. The number of likely N-dealkylation sites (tertiary alicyclic amines) is 1. The van der Waals surface area contributed by atoms with Crippen molar-refractivity contribution in [3.63, 3.8) is 0 Å². The highest BCUT2D eigenvalue weighted by Gasteiger charge is 2.22. The Labute approximate surface area is 182 Å². The Morgan fingerprint density at radius 3 is 2.61 bits per heavy atom. The lowest BCUT2D eigenvalue weighted by Crippen LogP contribution is -2.29. The van der Waals surface area contributed by atoms with Crippen LogP contribution in [0.1, 0.15) is 55.3 Å². The number of aromatic amines is 1. The van der Waals surface area contributed by atoms with E-state index in [0.29, 0.717) is 11.8 Å². The highest BCUT2D eigenvalue weighted by molar-refractivity contribution is 5.75. The molecule has 0 aromatic carbocycles. The maximum Gasteiger partial charge on any atom is 0.158 e. The van der Waals surface area contributed by atoms with Crippen molar-refractivity contribution >= 4 is 5.65 Å². The lowest BCUT2D eigenvalue weighted by molar-refractivity contribution is 0.253. The van der Waals surface area contributed by atoms with Crippen LogP contribution in [0.3, 0.4) is 0 Å². The topological polar surface area (TPSA) is 75.0 Å². The SMILES string of the molecule is Cc1cc(-c2n[nH]c(-c3ccc(C4CCN(C)CC4)nc3)c2C(C)C)cn2ncnc12. The Hall–Kier alpha value is -3.06. The molecule has 0 bridgehead atoms. The van der Waals surface area contributed by atoms with E-state index in [2.05, 4.69) is 66.1 Å². The molecule has 0 spiro atoms. The summed E-state index contributed by atoms with van der Waals surface area (Å²) in [4.78, 5) is 11.6. The van der Waals surface area contributed by atoms with E-state index in [9.17, 15) is 0 Å². The number of rotatable bonds is 4. The summed E-state index contributed by atoms with van der Waals surface area (Å²) in [5.74, 6) is 0.869. The molecule has 1 aliphatic heterocycles. The van der Waals surface area contributed by atoms with Crippen molar-refractivity contribution in [3.05, 3.63) is 53.7 Å². The standard InChI is InChI=1S/C24H29N7/c1-15(2)21-22(18-5-6-20(25-12-18)17-7-9-30(4)10-8-17)28-29-23(21)19-11-16(3)24-26-14-27-31(24)13-19/h5-6,11-15,17H,7-10H2,1-4H3,(H,28,29). The zero-order valence-electron chi connectivity index (χ0n) is 18.6. The largest absolute Gasteiger partial charge is 0.306 e. The summed E-state index contributed by atoms with van der Waals surface area (Å²) in [6.45, 7) is 8.76. The molecule has 160 valence electrons. The minimum absolute atomic E-state index is 0.309. The maximum atomic E-state index is 4.85. The van der Waals surface area contributed by atoms with Gasteiger partial charge in [0.15, 0.2) is 5.65 Å². The summed E-state index contributed by atoms with van der Waals surface area (Å²) in [7, 11) is 2.19. The van der Waals surface area contributed by atoms with Gasteiger partial charge in [0.2, 0.25) is 0 Å². The van der Waals surface area contributed by atoms with Gasteiger partial charge < -0.3 is 4.90 Å². The van der Waals surface area contributed by atoms with Crippen molar-refractivity contribution in [2.45, 2.75) is 45.4 Å². The Balaban J connectivity index is 1.51. The van der Waals surface area contributed by atoms with Crippen molar-refractivity contribution in [1.29, 1.82) is 0 Å². The van der Waals surface area contributed by atoms with Crippen LogP contribution in [0, 0.1) is 6.92 Å². The van der Waals surface area contributed by atoms with E-state index in [1.807, 2.05) is 16.9 Å². The molecule has 4 aromatic heterocycles. The summed E-state index contributed by atoms with van der Waals surface area (Å²) in [5, 5.41) is 12.3. The van der Waals surface area contributed by atoms with Crippen molar-refractivity contribution in [1.82, 2.24) is 34.7 Å².